The fraction of sp³-hybridized carbons (Fsp3) is 0.565. The van der Waals surface area contributed by atoms with E-state index in [1.54, 1.807) is 24.6 Å². The van der Waals surface area contributed by atoms with Crippen molar-refractivity contribution in [2.75, 3.05) is 23.3 Å². The van der Waals surface area contributed by atoms with Crippen molar-refractivity contribution in [3.8, 4) is 11.8 Å². The highest BCUT2D eigenvalue weighted by Gasteiger charge is 2.44. The van der Waals surface area contributed by atoms with Gasteiger partial charge in [-0.05, 0) is 69.2 Å². The molecule has 1 aromatic carbocycles. The Bertz CT molecular complexity index is 1190. The lowest BCUT2D eigenvalue weighted by molar-refractivity contribution is -0.137. The lowest BCUT2D eigenvalue weighted by Gasteiger charge is -2.37. The largest absolute Gasteiger partial charge is 0.424 e. The minimum absolute atomic E-state index is 0.0707. The van der Waals surface area contributed by atoms with E-state index in [0.717, 1.165) is 38.1 Å². The molecule has 2 aliphatic rings. The number of aryl methyl sites for hydroxylation is 2. The van der Waals surface area contributed by atoms with Gasteiger partial charge in [0.05, 0.1) is 11.6 Å². The third-order valence-electron chi connectivity index (χ3n) is 6.59. The van der Waals surface area contributed by atoms with Gasteiger partial charge in [-0.25, -0.2) is 4.68 Å². The first kappa shape index (κ1) is 23.4. The zero-order valence-electron chi connectivity index (χ0n) is 20.0. The monoisotopic (exact) mass is 491 g/mol. The van der Waals surface area contributed by atoms with E-state index in [1.165, 1.54) is 0 Å². The van der Waals surface area contributed by atoms with E-state index >= 15 is 0 Å². The number of aromatic nitrogens is 5. The second kappa shape index (κ2) is 8.72. The van der Waals surface area contributed by atoms with Gasteiger partial charge in [-0.1, -0.05) is 5.10 Å². The first-order valence-corrected chi connectivity index (χ1v) is 11.7. The van der Waals surface area contributed by atoms with Crippen molar-refractivity contribution < 1.29 is 22.3 Å². The fourth-order valence-corrected chi connectivity index (χ4v) is 5.03. The van der Waals surface area contributed by atoms with Crippen molar-refractivity contribution in [1.29, 1.82) is 0 Å². The average Bonchev–Trinajstić information content (AvgIpc) is 3.43. The Morgan fingerprint density at radius 2 is 1.80 bits per heavy atom. The van der Waals surface area contributed by atoms with Crippen LogP contribution in [0.3, 0.4) is 0 Å². The minimum Gasteiger partial charge on any atom is -0.424 e. The zero-order valence-corrected chi connectivity index (χ0v) is 20.0. The highest BCUT2D eigenvalue weighted by atomic mass is 19.4. The molecule has 35 heavy (non-hydrogen) atoms. The van der Waals surface area contributed by atoms with E-state index in [0.29, 0.717) is 35.3 Å². The number of hydrogen-bond donors (Lipinski definition) is 1. The quantitative estimate of drug-likeness (QED) is 0.515. The normalized spacial score (nSPS) is 22.2. The number of hydrogen-bond acceptors (Lipinski definition) is 8. The molecule has 3 atom stereocenters. The molecular formula is C23H28F3N7O2. The van der Waals surface area contributed by atoms with Crippen LogP contribution in [0.4, 0.5) is 25.1 Å². The molecule has 188 valence electrons. The number of ether oxygens (including phenoxy) is 1. The smallest absolute Gasteiger partial charge is 0.416 e. The Kier molecular flexibility index (Phi) is 5.84. The second-order valence-electron chi connectivity index (χ2n) is 9.67. The summed E-state index contributed by atoms with van der Waals surface area (Å²) in [5.41, 5.74) is -0.315. The van der Waals surface area contributed by atoms with Crippen LogP contribution in [0, 0.1) is 25.7 Å². The van der Waals surface area contributed by atoms with Gasteiger partial charge in [0, 0.05) is 26.1 Å². The molecule has 2 fully saturated rings. The van der Waals surface area contributed by atoms with Crippen LogP contribution in [0.15, 0.2) is 22.6 Å². The van der Waals surface area contributed by atoms with Crippen molar-refractivity contribution in [3.63, 3.8) is 0 Å². The third-order valence-corrected chi connectivity index (χ3v) is 6.59. The van der Waals surface area contributed by atoms with E-state index in [-0.39, 0.29) is 23.8 Å². The summed E-state index contributed by atoms with van der Waals surface area (Å²) in [6.45, 7) is 8.77. The van der Waals surface area contributed by atoms with Gasteiger partial charge in [-0.3, -0.25) is 0 Å². The van der Waals surface area contributed by atoms with Crippen LogP contribution in [-0.4, -0.2) is 44.1 Å². The standard InChI is InChI=1S/C23H28F3N7O2/c1-12(2)33-21(35-18-8-13(3)7-17(9-18)23(24,25)26)28-20(31-33)27-19-15-5-6-16(19)11-32(10-15)22-30-29-14(4)34-22/h7-9,12,15-16,19H,5-6,10-11H2,1-4H3,(H,27,31)/t15-,16+,19?. The highest BCUT2D eigenvalue weighted by molar-refractivity contribution is 5.38. The third kappa shape index (κ3) is 4.78. The Hall–Kier alpha value is -3.31. The SMILES string of the molecule is Cc1cc(Oc2nc(NC3[C@@H]4CC[C@H]3CN(c3nnc(C)o3)C4)nn2C(C)C)cc(C(F)(F)F)c1. The Morgan fingerprint density at radius 3 is 2.40 bits per heavy atom. The van der Waals surface area contributed by atoms with E-state index in [1.807, 2.05) is 13.8 Å². The van der Waals surface area contributed by atoms with Crippen molar-refractivity contribution in [1.82, 2.24) is 25.0 Å². The predicted octanol–water partition coefficient (Wildman–Crippen LogP) is 5.00. The summed E-state index contributed by atoms with van der Waals surface area (Å²) >= 11 is 0. The maximum Gasteiger partial charge on any atom is 0.416 e. The molecule has 3 aromatic rings. The number of nitrogens with zero attached hydrogens (tertiary/aromatic N) is 6. The summed E-state index contributed by atoms with van der Waals surface area (Å²) in [5.74, 6) is 1.71. The van der Waals surface area contributed by atoms with Crippen LogP contribution >= 0.6 is 0 Å². The van der Waals surface area contributed by atoms with Gasteiger partial charge in [0.2, 0.25) is 11.8 Å². The van der Waals surface area contributed by atoms with Crippen molar-refractivity contribution in [3.05, 3.63) is 35.2 Å². The van der Waals surface area contributed by atoms with Crippen molar-refractivity contribution in [2.45, 2.75) is 58.8 Å². The van der Waals surface area contributed by atoms with E-state index in [4.69, 9.17) is 9.15 Å². The molecule has 2 aromatic heterocycles. The Labute approximate surface area is 200 Å². The number of anilines is 2. The van der Waals surface area contributed by atoms with Crippen LogP contribution in [-0.2, 0) is 6.18 Å². The molecule has 1 saturated heterocycles. The summed E-state index contributed by atoms with van der Waals surface area (Å²) in [5, 5.41) is 16.1. The lowest BCUT2D eigenvalue weighted by atomic mass is 9.92. The topological polar surface area (TPSA) is 94.1 Å². The number of benzene rings is 1. The molecule has 9 nitrogen and oxygen atoms in total. The van der Waals surface area contributed by atoms with Crippen LogP contribution in [0.25, 0.3) is 0 Å². The molecule has 5 rings (SSSR count). The number of nitrogens with one attached hydrogen (secondary N) is 1. The van der Waals surface area contributed by atoms with Crippen LogP contribution in [0.1, 0.15) is 49.7 Å². The first-order chi connectivity index (χ1) is 16.6. The summed E-state index contributed by atoms with van der Waals surface area (Å²) in [4.78, 5) is 6.63. The molecule has 2 bridgehead atoms. The number of rotatable bonds is 6. The molecule has 3 heterocycles. The molecule has 0 radical (unpaired) electrons. The lowest BCUT2D eigenvalue weighted by Crippen LogP contribution is -2.48. The molecule has 1 aliphatic heterocycles. The van der Waals surface area contributed by atoms with Gasteiger partial charge in [-0.2, -0.15) is 18.2 Å². The van der Waals surface area contributed by atoms with Crippen molar-refractivity contribution in [2.24, 2.45) is 11.8 Å². The number of halogens is 3. The van der Waals surface area contributed by atoms with Crippen LogP contribution in [0.5, 0.6) is 11.8 Å². The van der Waals surface area contributed by atoms with Gasteiger partial charge >= 0.3 is 18.2 Å². The van der Waals surface area contributed by atoms with Crippen molar-refractivity contribution >= 4 is 12.0 Å². The molecule has 1 aliphatic carbocycles. The second-order valence-corrected chi connectivity index (χ2v) is 9.67. The van der Waals surface area contributed by atoms with E-state index in [9.17, 15) is 13.2 Å². The number of alkyl halides is 3. The van der Waals surface area contributed by atoms with Gasteiger partial charge in [0.15, 0.2) is 0 Å². The highest BCUT2D eigenvalue weighted by Crippen LogP contribution is 2.40. The zero-order chi connectivity index (χ0) is 24.9. The summed E-state index contributed by atoms with van der Waals surface area (Å²) in [6, 6.07) is 4.39. The molecule has 1 saturated carbocycles. The van der Waals surface area contributed by atoms with Gasteiger partial charge in [-0.15, -0.1) is 10.2 Å². The molecular weight excluding hydrogens is 463 g/mol. The van der Waals surface area contributed by atoms with E-state index < -0.39 is 11.7 Å². The van der Waals surface area contributed by atoms with Crippen LogP contribution < -0.4 is 15.0 Å². The summed E-state index contributed by atoms with van der Waals surface area (Å²) < 4.78 is 52.8. The molecule has 12 heteroatoms. The van der Waals surface area contributed by atoms with Crippen LogP contribution in [0.2, 0.25) is 0 Å². The molecule has 1 unspecified atom stereocenters. The number of piperidine rings is 1. The fourth-order valence-electron chi connectivity index (χ4n) is 5.03. The summed E-state index contributed by atoms with van der Waals surface area (Å²) in [7, 11) is 0. The molecule has 0 amide bonds. The minimum atomic E-state index is -4.46. The number of fused-ring (bicyclic) bond motifs is 2. The maximum atomic E-state index is 13.3. The Morgan fingerprint density at radius 1 is 1.09 bits per heavy atom. The summed E-state index contributed by atoms with van der Waals surface area (Å²) in [6.07, 6.45) is -2.34. The predicted molar refractivity (Wildman–Crippen MR) is 122 cm³/mol. The average molecular weight is 492 g/mol. The first-order valence-electron chi connectivity index (χ1n) is 11.7. The van der Waals surface area contributed by atoms with Gasteiger partial charge in [0.25, 0.3) is 0 Å². The molecule has 0 spiro atoms. The van der Waals surface area contributed by atoms with E-state index in [2.05, 4.69) is 30.5 Å². The van der Waals surface area contributed by atoms with Gasteiger partial charge in [0.1, 0.15) is 5.75 Å². The maximum absolute atomic E-state index is 13.3. The Balaban J connectivity index is 1.34. The molecule has 1 N–H and O–H groups in total. The van der Waals surface area contributed by atoms with Gasteiger partial charge < -0.3 is 19.4 Å².